The maximum atomic E-state index is 12.9. The predicted molar refractivity (Wildman–Crippen MR) is 91.8 cm³/mol. The molecule has 0 heterocycles. The standard InChI is InChI=1S/C20H24FNO/c1-4-19(17-9-5-14(2)15(3)13-17)22-20(23)12-8-16-6-10-18(21)11-7-16/h5-7,9-11,13,19H,4,8,12H2,1-3H3,(H,22,23)/t19-/m0/s1. The molecule has 0 bridgehead atoms. The molecule has 2 aromatic carbocycles. The van der Waals surface area contributed by atoms with E-state index in [2.05, 4.69) is 44.3 Å². The van der Waals surface area contributed by atoms with Gasteiger partial charge in [-0.25, -0.2) is 4.39 Å². The number of carbonyl (C=O) groups is 1. The molecule has 0 aromatic heterocycles. The minimum atomic E-state index is -0.251. The van der Waals surface area contributed by atoms with Gasteiger partial charge in [0.25, 0.3) is 0 Å². The second-order valence-corrected chi connectivity index (χ2v) is 6.00. The van der Waals surface area contributed by atoms with Gasteiger partial charge in [-0.1, -0.05) is 37.3 Å². The fraction of sp³-hybridized carbons (Fsp3) is 0.350. The Kier molecular flexibility index (Phi) is 5.91. The molecule has 0 saturated heterocycles. The van der Waals surface area contributed by atoms with Crippen molar-refractivity contribution in [1.82, 2.24) is 5.32 Å². The molecule has 0 aliphatic rings. The Morgan fingerprint density at radius 3 is 2.39 bits per heavy atom. The van der Waals surface area contributed by atoms with Crippen LogP contribution in [0.3, 0.4) is 0 Å². The van der Waals surface area contributed by atoms with Gasteiger partial charge in [-0.05, 0) is 61.1 Å². The zero-order chi connectivity index (χ0) is 16.8. The summed E-state index contributed by atoms with van der Waals surface area (Å²) in [5, 5.41) is 3.10. The Morgan fingerprint density at radius 1 is 1.09 bits per heavy atom. The summed E-state index contributed by atoms with van der Waals surface area (Å²) in [5.41, 5.74) is 4.61. The largest absolute Gasteiger partial charge is 0.349 e. The highest BCUT2D eigenvalue weighted by molar-refractivity contribution is 5.76. The first-order chi connectivity index (χ1) is 11.0. The molecule has 0 fully saturated rings. The molecular formula is C20H24FNO. The van der Waals surface area contributed by atoms with Crippen LogP contribution in [0.15, 0.2) is 42.5 Å². The minimum Gasteiger partial charge on any atom is -0.349 e. The van der Waals surface area contributed by atoms with Gasteiger partial charge in [0.1, 0.15) is 5.82 Å². The lowest BCUT2D eigenvalue weighted by Gasteiger charge is -2.18. The number of nitrogens with one attached hydrogen (secondary N) is 1. The first-order valence-electron chi connectivity index (χ1n) is 8.10. The summed E-state index contributed by atoms with van der Waals surface area (Å²) >= 11 is 0. The highest BCUT2D eigenvalue weighted by Gasteiger charge is 2.13. The quantitative estimate of drug-likeness (QED) is 0.827. The molecule has 2 nitrogen and oxygen atoms in total. The Hall–Kier alpha value is -2.16. The molecule has 2 rings (SSSR count). The molecule has 0 aliphatic heterocycles. The molecule has 122 valence electrons. The second kappa shape index (κ2) is 7.91. The Bertz CT molecular complexity index is 664. The Labute approximate surface area is 137 Å². The van der Waals surface area contributed by atoms with E-state index in [-0.39, 0.29) is 17.8 Å². The number of hydrogen-bond acceptors (Lipinski definition) is 1. The molecule has 2 aromatic rings. The summed E-state index contributed by atoms with van der Waals surface area (Å²) in [6.07, 6.45) is 1.88. The van der Waals surface area contributed by atoms with Crippen molar-refractivity contribution in [2.24, 2.45) is 0 Å². The number of hydrogen-bond donors (Lipinski definition) is 1. The third-order valence-electron chi connectivity index (χ3n) is 4.23. The second-order valence-electron chi connectivity index (χ2n) is 6.00. The van der Waals surface area contributed by atoms with Gasteiger partial charge in [0, 0.05) is 6.42 Å². The summed E-state index contributed by atoms with van der Waals surface area (Å²) < 4.78 is 12.9. The maximum absolute atomic E-state index is 12.9. The third-order valence-corrected chi connectivity index (χ3v) is 4.23. The molecule has 1 amide bonds. The molecule has 1 atom stereocenters. The van der Waals surface area contributed by atoms with Crippen LogP contribution in [-0.4, -0.2) is 5.91 Å². The van der Waals surface area contributed by atoms with Crippen molar-refractivity contribution in [3.05, 3.63) is 70.5 Å². The summed E-state index contributed by atoms with van der Waals surface area (Å²) in [6.45, 7) is 6.24. The van der Waals surface area contributed by atoms with Gasteiger partial charge in [0.15, 0.2) is 0 Å². The van der Waals surface area contributed by atoms with Crippen molar-refractivity contribution in [2.75, 3.05) is 0 Å². The van der Waals surface area contributed by atoms with Crippen molar-refractivity contribution < 1.29 is 9.18 Å². The highest BCUT2D eigenvalue weighted by atomic mass is 19.1. The van der Waals surface area contributed by atoms with Crippen molar-refractivity contribution in [3.63, 3.8) is 0 Å². The number of halogens is 1. The minimum absolute atomic E-state index is 0.0272. The summed E-state index contributed by atoms with van der Waals surface area (Å²) in [4.78, 5) is 12.2. The van der Waals surface area contributed by atoms with E-state index >= 15 is 0 Å². The van der Waals surface area contributed by atoms with Gasteiger partial charge in [-0.2, -0.15) is 0 Å². The van der Waals surface area contributed by atoms with Crippen LogP contribution >= 0.6 is 0 Å². The van der Waals surface area contributed by atoms with Crippen LogP contribution in [0.4, 0.5) is 4.39 Å². The number of rotatable bonds is 6. The van der Waals surface area contributed by atoms with Gasteiger partial charge in [-0.15, -0.1) is 0 Å². The van der Waals surface area contributed by atoms with Crippen LogP contribution in [0.2, 0.25) is 0 Å². The average Bonchev–Trinajstić information content (AvgIpc) is 2.55. The first-order valence-corrected chi connectivity index (χ1v) is 8.10. The molecule has 1 N–H and O–H groups in total. The Morgan fingerprint density at radius 2 is 1.78 bits per heavy atom. The van der Waals surface area contributed by atoms with E-state index in [1.807, 2.05) is 0 Å². The predicted octanol–water partition coefficient (Wildman–Crippen LogP) is 4.64. The number of benzene rings is 2. The van der Waals surface area contributed by atoms with Crippen molar-refractivity contribution in [2.45, 2.75) is 46.1 Å². The topological polar surface area (TPSA) is 29.1 Å². The average molecular weight is 313 g/mol. The van der Waals surface area contributed by atoms with E-state index in [0.717, 1.165) is 17.5 Å². The lowest BCUT2D eigenvalue weighted by atomic mass is 9.99. The van der Waals surface area contributed by atoms with E-state index in [0.29, 0.717) is 12.8 Å². The van der Waals surface area contributed by atoms with Crippen LogP contribution in [0.5, 0.6) is 0 Å². The summed E-state index contributed by atoms with van der Waals surface area (Å²) in [6, 6.07) is 12.7. The fourth-order valence-electron chi connectivity index (χ4n) is 2.58. The zero-order valence-corrected chi connectivity index (χ0v) is 14.0. The van der Waals surface area contributed by atoms with Gasteiger partial charge < -0.3 is 5.32 Å². The van der Waals surface area contributed by atoms with Gasteiger partial charge in [0.05, 0.1) is 6.04 Å². The fourth-order valence-corrected chi connectivity index (χ4v) is 2.58. The van der Waals surface area contributed by atoms with E-state index in [4.69, 9.17) is 0 Å². The lowest BCUT2D eigenvalue weighted by Crippen LogP contribution is -2.28. The van der Waals surface area contributed by atoms with Crippen LogP contribution in [0.1, 0.15) is 48.1 Å². The van der Waals surface area contributed by atoms with E-state index in [9.17, 15) is 9.18 Å². The molecule has 0 radical (unpaired) electrons. The molecule has 0 unspecified atom stereocenters. The highest BCUT2D eigenvalue weighted by Crippen LogP contribution is 2.20. The number of amides is 1. The smallest absolute Gasteiger partial charge is 0.220 e. The molecule has 0 aliphatic carbocycles. The van der Waals surface area contributed by atoms with Gasteiger partial charge in [-0.3, -0.25) is 4.79 Å². The maximum Gasteiger partial charge on any atom is 0.220 e. The number of aryl methyl sites for hydroxylation is 3. The van der Waals surface area contributed by atoms with E-state index in [1.54, 1.807) is 12.1 Å². The SMILES string of the molecule is CC[C@H](NC(=O)CCc1ccc(F)cc1)c1ccc(C)c(C)c1. The van der Waals surface area contributed by atoms with Crippen LogP contribution < -0.4 is 5.32 Å². The normalized spacial score (nSPS) is 12.0. The zero-order valence-electron chi connectivity index (χ0n) is 14.0. The first kappa shape index (κ1) is 17.2. The lowest BCUT2D eigenvalue weighted by molar-refractivity contribution is -0.121. The van der Waals surface area contributed by atoms with Crippen LogP contribution in [0.25, 0.3) is 0 Å². The monoisotopic (exact) mass is 313 g/mol. The number of carbonyl (C=O) groups excluding carboxylic acids is 1. The van der Waals surface area contributed by atoms with Crippen molar-refractivity contribution >= 4 is 5.91 Å². The van der Waals surface area contributed by atoms with Gasteiger partial charge >= 0.3 is 0 Å². The van der Waals surface area contributed by atoms with Crippen LogP contribution in [0, 0.1) is 19.7 Å². The summed E-state index contributed by atoms with van der Waals surface area (Å²) in [7, 11) is 0. The van der Waals surface area contributed by atoms with Crippen molar-refractivity contribution in [1.29, 1.82) is 0 Å². The molecule has 3 heteroatoms. The molecular weight excluding hydrogens is 289 g/mol. The molecule has 23 heavy (non-hydrogen) atoms. The third kappa shape index (κ3) is 4.92. The van der Waals surface area contributed by atoms with E-state index in [1.165, 1.54) is 23.3 Å². The van der Waals surface area contributed by atoms with E-state index < -0.39 is 0 Å². The molecule has 0 saturated carbocycles. The van der Waals surface area contributed by atoms with Crippen molar-refractivity contribution in [3.8, 4) is 0 Å². The molecule has 0 spiro atoms. The van der Waals surface area contributed by atoms with Crippen LogP contribution in [-0.2, 0) is 11.2 Å². The summed E-state index contributed by atoms with van der Waals surface area (Å²) in [5.74, 6) is -0.224. The van der Waals surface area contributed by atoms with Gasteiger partial charge in [0.2, 0.25) is 5.91 Å². The Balaban J connectivity index is 1.94.